The van der Waals surface area contributed by atoms with E-state index < -0.39 is 5.92 Å². The van der Waals surface area contributed by atoms with E-state index >= 15 is 0 Å². The molecule has 0 aliphatic heterocycles. The molecule has 2 aromatic carbocycles. The molecule has 0 saturated heterocycles. The average molecular weight is 328 g/mol. The normalized spacial score (nSPS) is 11.7. The number of benzene rings is 2. The van der Waals surface area contributed by atoms with E-state index in [-0.39, 0.29) is 5.78 Å². The number of carbonyl (C=O) groups is 1. The molecule has 0 fully saturated rings. The molecule has 100 valence electrons. The van der Waals surface area contributed by atoms with Gasteiger partial charge in [0.15, 0.2) is 5.78 Å². The Labute approximate surface area is 127 Å². The van der Waals surface area contributed by atoms with Gasteiger partial charge in [-0.15, -0.1) is 0 Å². The van der Waals surface area contributed by atoms with Crippen molar-refractivity contribution < 1.29 is 4.79 Å². The number of nitriles is 1. The van der Waals surface area contributed by atoms with Crippen LogP contribution in [0.2, 0.25) is 0 Å². The number of hydrogen-bond donors (Lipinski definition) is 0. The third-order valence-electron chi connectivity index (χ3n) is 3.26. The highest BCUT2D eigenvalue weighted by atomic mass is 79.9. The van der Waals surface area contributed by atoms with E-state index in [0.717, 1.165) is 21.2 Å². The predicted octanol–water partition coefficient (Wildman–Crippen LogP) is 4.56. The van der Waals surface area contributed by atoms with Gasteiger partial charge in [-0.05, 0) is 40.9 Å². The first-order valence-corrected chi connectivity index (χ1v) is 7.09. The number of carbonyl (C=O) groups excluding carboxylic acids is 1. The van der Waals surface area contributed by atoms with Gasteiger partial charge in [-0.1, -0.05) is 48.0 Å². The Kier molecular flexibility index (Phi) is 4.36. The topological polar surface area (TPSA) is 40.9 Å². The van der Waals surface area contributed by atoms with Gasteiger partial charge in [0.1, 0.15) is 5.92 Å². The highest BCUT2D eigenvalue weighted by Gasteiger charge is 2.23. The third-order valence-corrected chi connectivity index (χ3v) is 4.31. The lowest BCUT2D eigenvalue weighted by molar-refractivity contribution is 0.0978. The van der Waals surface area contributed by atoms with Crippen LogP contribution >= 0.6 is 15.9 Å². The number of Topliss-reactive ketones (excluding diaryl/α,β-unsaturated/α-hetero) is 1. The molecule has 0 aliphatic rings. The lowest BCUT2D eigenvalue weighted by atomic mass is 9.91. The largest absolute Gasteiger partial charge is 0.292 e. The van der Waals surface area contributed by atoms with Crippen LogP contribution in [-0.2, 0) is 0 Å². The molecule has 0 saturated carbocycles. The summed E-state index contributed by atoms with van der Waals surface area (Å²) in [5.41, 5.74) is 3.37. The maximum absolute atomic E-state index is 12.6. The Hall–Kier alpha value is -1.92. The minimum Gasteiger partial charge on any atom is -0.292 e. The zero-order valence-electron chi connectivity index (χ0n) is 11.4. The molecule has 20 heavy (non-hydrogen) atoms. The Morgan fingerprint density at radius 1 is 1.15 bits per heavy atom. The van der Waals surface area contributed by atoms with Crippen LogP contribution in [0.25, 0.3) is 0 Å². The van der Waals surface area contributed by atoms with Crippen molar-refractivity contribution in [2.75, 3.05) is 0 Å². The van der Waals surface area contributed by atoms with E-state index in [9.17, 15) is 10.1 Å². The maximum Gasteiger partial charge on any atom is 0.185 e. The van der Waals surface area contributed by atoms with E-state index in [0.29, 0.717) is 5.56 Å². The third kappa shape index (κ3) is 2.81. The maximum atomic E-state index is 12.6. The van der Waals surface area contributed by atoms with Crippen molar-refractivity contribution in [1.29, 1.82) is 5.26 Å². The monoisotopic (exact) mass is 327 g/mol. The van der Waals surface area contributed by atoms with Gasteiger partial charge in [0.2, 0.25) is 0 Å². The lowest BCUT2D eigenvalue weighted by Crippen LogP contribution is -2.12. The van der Waals surface area contributed by atoms with Gasteiger partial charge in [-0.2, -0.15) is 5.26 Å². The van der Waals surface area contributed by atoms with Crippen LogP contribution in [-0.4, -0.2) is 5.78 Å². The minimum atomic E-state index is -0.770. The molecule has 1 unspecified atom stereocenters. The molecule has 1 atom stereocenters. The summed E-state index contributed by atoms with van der Waals surface area (Å²) in [6.07, 6.45) is 0. The lowest BCUT2D eigenvalue weighted by Gasteiger charge is -2.11. The van der Waals surface area contributed by atoms with Crippen LogP contribution in [0.5, 0.6) is 0 Å². The first kappa shape index (κ1) is 14.5. The van der Waals surface area contributed by atoms with Crippen molar-refractivity contribution in [2.24, 2.45) is 0 Å². The Morgan fingerprint density at radius 3 is 2.40 bits per heavy atom. The molecule has 3 heteroatoms. The Balaban J connectivity index is 2.42. The molecule has 0 spiro atoms. The van der Waals surface area contributed by atoms with Crippen LogP contribution in [0, 0.1) is 25.2 Å². The standard InChI is InChI=1S/C17H14BrNO/c1-11-6-8-13(9-7-11)15(10-19)17(20)14-5-3-4-12(2)16(14)18/h3-9,15H,1-2H3. The van der Waals surface area contributed by atoms with Crippen molar-refractivity contribution in [2.45, 2.75) is 19.8 Å². The molecule has 0 aromatic heterocycles. The number of aryl methyl sites for hydroxylation is 2. The van der Waals surface area contributed by atoms with Gasteiger partial charge < -0.3 is 0 Å². The summed E-state index contributed by atoms with van der Waals surface area (Å²) < 4.78 is 0.761. The van der Waals surface area contributed by atoms with Gasteiger partial charge in [-0.3, -0.25) is 4.79 Å². The van der Waals surface area contributed by atoms with Crippen molar-refractivity contribution in [1.82, 2.24) is 0 Å². The Morgan fingerprint density at radius 2 is 1.80 bits per heavy atom. The number of hydrogen-bond acceptors (Lipinski definition) is 2. The van der Waals surface area contributed by atoms with Gasteiger partial charge >= 0.3 is 0 Å². The molecular weight excluding hydrogens is 314 g/mol. The van der Waals surface area contributed by atoms with Crippen molar-refractivity contribution >= 4 is 21.7 Å². The molecule has 0 radical (unpaired) electrons. The van der Waals surface area contributed by atoms with Crippen LogP contribution < -0.4 is 0 Å². The van der Waals surface area contributed by atoms with Crippen LogP contribution in [0.4, 0.5) is 0 Å². The molecular formula is C17H14BrNO. The molecule has 0 N–H and O–H groups in total. The fourth-order valence-electron chi connectivity index (χ4n) is 2.04. The highest BCUT2D eigenvalue weighted by Crippen LogP contribution is 2.27. The summed E-state index contributed by atoms with van der Waals surface area (Å²) >= 11 is 3.43. The number of nitrogens with zero attached hydrogens (tertiary/aromatic N) is 1. The first-order valence-electron chi connectivity index (χ1n) is 6.30. The SMILES string of the molecule is Cc1ccc(C(C#N)C(=O)c2cccc(C)c2Br)cc1. The zero-order valence-corrected chi connectivity index (χ0v) is 12.9. The summed E-state index contributed by atoms with van der Waals surface area (Å²) in [4.78, 5) is 12.6. The van der Waals surface area contributed by atoms with Crippen LogP contribution in [0.3, 0.4) is 0 Å². The number of ketones is 1. The fourth-order valence-corrected chi connectivity index (χ4v) is 2.50. The molecule has 0 heterocycles. The molecule has 2 nitrogen and oxygen atoms in total. The highest BCUT2D eigenvalue weighted by molar-refractivity contribution is 9.10. The summed E-state index contributed by atoms with van der Waals surface area (Å²) in [5, 5.41) is 9.35. The van der Waals surface area contributed by atoms with E-state index in [4.69, 9.17) is 0 Å². The van der Waals surface area contributed by atoms with Crippen molar-refractivity contribution in [3.8, 4) is 6.07 Å². The number of rotatable bonds is 3. The quantitative estimate of drug-likeness (QED) is 0.775. The summed E-state index contributed by atoms with van der Waals surface area (Å²) in [6.45, 7) is 3.90. The first-order chi connectivity index (χ1) is 9.54. The van der Waals surface area contributed by atoms with E-state index in [1.165, 1.54) is 0 Å². The summed E-state index contributed by atoms with van der Waals surface area (Å²) in [7, 11) is 0. The smallest absolute Gasteiger partial charge is 0.185 e. The van der Waals surface area contributed by atoms with Gasteiger partial charge in [-0.25, -0.2) is 0 Å². The molecule has 0 bridgehead atoms. The van der Waals surface area contributed by atoms with Crippen molar-refractivity contribution in [3.63, 3.8) is 0 Å². The number of halogens is 1. The predicted molar refractivity (Wildman–Crippen MR) is 82.7 cm³/mol. The van der Waals surface area contributed by atoms with Gasteiger partial charge in [0.05, 0.1) is 6.07 Å². The second-order valence-corrected chi connectivity index (χ2v) is 5.57. The fraction of sp³-hybridized carbons (Fsp3) is 0.176. The van der Waals surface area contributed by atoms with E-state index in [1.807, 2.05) is 50.2 Å². The minimum absolute atomic E-state index is 0.174. The van der Waals surface area contributed by atoms with Gasteiger partial charge in [0, 0.05) is 10.0 Å². The van der Waals surface area contributed by atoms with E-state index in [1.54, 1.807) is 6.07 Å². The zero-order chi connectivity index (χ0) is 14.7. The second kappa shape index (κ2) is 6.02. The van der Waals surface area contributed by atoms with Crippen LogP contribution in [0.1, 0.15) is 33.0 Å². The van der Waals surface area contributed by atoms with Crippen molar-refractivity contribution in [3.05, 3.63) is 69.2 Å². The Bertz CT molecular complexity index is 683. The van der Waals surface area contributed by atoms with Crippen LogP contribution in [0.15, 0.2) is 46.9 Å². The summed E-state index contributed by atoms with van der Waals surface area (Å²) in [5.74, 6) is -0.944. The molecule has 2 aromatic rings. The molecule has 0 aliphatic carbocycles. The van der Waals surface area contributed by atoms with E-state index in [2.05, 4.69) is 22.0 Å². The summed E-state index contributed by atoms with van der Waals surface area (Å²) in [6, 6.07) is 15.1. The van der Waals surface area contributed by atoms with Gasteiger partial charge in [0.25, 0.3) is 0 Å². The second-order valence-electron chi connectivity index (χ2n) is 4.77. The molecule has 2 rings (SSSR count). The average Bonchev–Trinajstić information content (AvgIpc) is 2.44. The molecule has 0 amide bonds.